The van der Waals surface area contributed by atoms with E-state index in [1.54, 1.807) is 35.9 Å². The zero-order chi connectivity index (χ0) is 23.0. The lowest BCUT2D eigenvalue weighted by atomic mass is 10.0. The number of alkyl halides is 3. The summed E-state index contributed by atoms with van der Waals surface area (Å²) < 4.78 is 54.0. The average molecular weight is 447 g/mol. The van der Waals surface area contributed by atoms with Crippen molar-refractivity contribution in [1.29, 1.82) is 0 Å². The monoisotopic (exact) mass is 447 g/mol. The molecule has 0 saturated carbocycles. The summed E-state index contributed by atoms with van der Waals surface area (Å²) in [5, 5.41) is 6.94. The van der Waals surface area contributed by atoms with Gasteiger partial charge in [0.05, 0.1) is 23.7 Å². The van der Waals surface area contributed by atoms with Gasteiger partial charge >= 0.3 is 6.18 Å². The Kier molecular flexibility index (Phi) is 5.77. The molecule has 168 valence electrons. The normalized spacial score (nSPS) is 16.5. The van der Waals surface area contributed by atoms with E-state index in [1.165, 1.54) is 0 Å². The topological polar surface area (TPSA) is 63.1 Å². The van der Waals surface area contributed by atoms with Gasteiger partial charge in [-0.15, -0.1) is 0 Å². The Morgan fingerprint density at radius 1 is 1.19 bits per heavy atom. The van der Waals surface area contributed by atoms with Gasteiger partial charge in [0.2, 0.25) is 5.91 Å². The number of amides is 1. The summed E-state index contributed by atoms with van der Waals surface area (Å²) in [7, 11) is 0. The van der Waals surface area contributed by atoms with Gasteiger partial charge in [-0.3, -0.25) is 9.59 Å². The van der Waals surface area contributed by atoms with Gasteiger partial charge in [0.15, 0.2) is 0 Å². The number of nitrogens with one attached hydrogen (secondary N) is 2. The van der Waals surface area contributed by atoms with Crippen LogP contribution in [0.25, 0.3) is 10.8 Å². The lowest BCUT2D eigenvalue weighted by molar-refractivity contribution is -0.140. The van der Waals surface area contributed by atoms with Crippen molar-refractivity contribution in [1.82, 2.24) is 9.88 Å². The second-order valence-corrected chi connectivity index (χ2v) is 7.93. The van der Waals surface area contributed by atoms with Crippen molar-refractivity contribution < 1.29 is 22.4 Å². The van der Waals surface area contributed by atoms with Gasteiger partial charge in [0.25, 0.3) is 5.56 Å². The zero-order valence-corrected chi connectivity index (χ0v) is 17.2. The molecule has 32 heavy (non-hydrogen) atoms. The van der Waals surface area contributed by atoms with E-state index in [0.29, 0.717) is 40.7 Å². The first kappa shape index (κ1) is 22.0. The summed E-state index contributed by atoms with van der Waals surface area (Å²) in [6.07, 6.45) is -2.67. The maximum atomic E-state index is 13.5. The third-order valence-electron chi connectivity index (χ3n) is 5.71. The van der Waals surface area contributed by atoms with E-state index in [0.717, 1.165) is 19.0 Å². The Hall–Kier alpha value is -3.20. The summed E-state index contributed by atoms with van der Waals surface area (Å²) in [6.45, 7) is 3.31. The first-order valence-electron chi connectivity index (χ1n) is 10.2. The quantitative estimate of drug-likeness (QED) is 0.590. The molecule has 0 radical (unpaired) electrons. The molecule has 1 aromatic heterocycles. The van der Waals surface area contributed by atoms with Crippen molar-refractivity contribution in [3.8, 4) is 0 Å². The second-order valence-electron chi connectivity index (χ2n) is 7.93. The first-order valence-corrected chi connectivity index (χ1v) is 10.2. The minimum Gasteiger partial charge on any atom is -0.325 e. The predicted molar refractivity (Wildman–Crippen MR) is 113 cm³/mol. The highest BCUT2D eigenvalue weighted by Crippen LogP contribution is 2.32. The van der Waals surface area contributed by atoms with Crippen LogP contribution in [0.1, 0.15) is 29.2 Å². The van der Waals surface area contributed by atoms with Crippen LogP contribution in [-0.2, 0) is 17.4 Å². The molecule has 0 spiro atoms. The predicted octanol–water partition coefficient (Wildman–Crippen LogP) is 4.18. The number of aryl methyl sites for hydroxylation is 1. The maximum Gasteiger partial charge on any atom is 0.419 e. The molecular formula is C23H21F4N3O2. The number of nitrogens with zero attached hydrogens (tertiary/aromatic N) is 1. The molecule has 1 fully saturated rings. The number of hydrogen-bond donors (Lipinski definition) is 2. The van der Waals surface area contributed by atoms with Crippen LogP contribution in [0.5, 0.6) is 0 Å². The molecule has 1 atom stereocenters. The fourth-order valence-electron chi connectivity index (χ4n) is 4.05. The fourth-order valence-corrected chi connectivity index (χ4v) is 4.05. The van der Waals surface area contributed by atoms with Crippen LogP contribution in [0, 0.1) is 12.7 Å². The number of anilines is 1. The SMILES string of the molecule is Cc1ccc2c(=O)n([C@H]3CCNC3)ccc2c1NC(=O)Cc1ccc(F)c(C(F)(F)F)c1. The van der Waals surface area contributed by atoms with E-state index in [-0.39, 0.29) is 23.6 Å². The lowest BCUT2D eigenvalue weighted by Crippen LogP contribution is -2.26. The van der Waals surface area contributed by atoms with E-state index in [4.69, 9.17) is 0 Å². The Bertz CT molecular complexity index is 1240. The number of benzene rings is 2. The minimum atomic E-state index is -4.85. The number of fused-ring (bicyclic) bond motifs is 1. The summed E-state index contributed by atoms with van der Waals surface area (Å²) >= 11 is 0. The standard InChI is InChI=1S/C23H21F4N3O2/c1-13-2-4-17-16(7-9-30(22(17)32)15-6-8-28-12-15)21(13)29-20(31)11-14-3-5-19(24)18(10-14)23(25,26)27/h2-5,7,9-10,15,28H,6,8,11-12H2,1H3,(H,29,31)/t15-/m0/s1. The van der Waals surface area contributed by atoms with Crippen molar-refractivity contribution in [2.45, 2.75) is 32.0 Å². The second kappa shape index (κ2) is 8.38. The smallest absolute Gasteiger partial charge is 0.325 e. The molecule has 1 aliphatic heterocycles. The highest BCUT2D eigenvalue weighted by Gasteiger charge is 2.34. The molecule has 1 aliphatic rings. The first-order chi connectivity index (χ1) is 15.1. The van der Waals surface area contributed by atoms with E-state index >= 15 is 0 Å². The zero-order valence-electron chi connectivity index (χ0n) is 17.2. The summed E-state index contributed by atoms with van der Waals surface area (Å²) in [5.74, 6) is -1.95. The number of pyridine rings is 1. The molecule has 2 heterocycles. The number of aromatic nitrogens is 1. The molecule has 4 rings (SSSR count). The number of halogens is 4. The number of carbonyl (C=O) groups excluding carboxylic acids is 1. The van der Waals surface area contributed by atoms with Crippen LogP contribution in [0.15, 0.2) is 47.4 Å². The largest absolute Gasteiger partial charge is 0.419 e. The van der Waals surface area contributed by atoms with Crippen molar-refractivity contribution >= 4 is 22.4 Å². The Labute approximate surface area is 181 Å². The van der Waals surface area contributed by atoms with Crippen LogP contribution in [-0.4, -0.2) is 23.6 Å². The van der Waals surface area contributed by atoms with Gasteiger partial charge in [-0.25, -0.2) is 4.39 Å². The fraction of sp³-hybridized carbons (Fsp3) is 0.304. The van der Waals surface area contributed by atoms with Crippen molar-refractivity contribution in [2.24, 2.45) is 0 Å². The number of carbonyl (C=O) groups is 1. The minimum absolute atomic E-state index is 0.0326. The highest BCUT2D eigenvalue weighted by molar-refractivity contribution is 6.03. The van der Waals surface area contributed by atoms with Crippen LogP contribution in [0.4, 0.5) is 23.2 Å². The van der Waals surface area contributed by atoms with Gasteiger partial charge in [-0.05, 0) is 55.3 Å². The Balaban J connectivity index is 1.63. The molecule has 2 N–H and O–H groups in total. The van der Waals surface area contributed by atoms with Crippen molar-refractivity contribution in [2.75, 3.05) is 18.4 Å². The molecular weight excluding hydrogens is 426 g/mol. The number of hydrogen-bond acceptors (Lipinski definition) is 3. The van der Waals surface area contributed by atoms with Gasteiger partial charge in [0.1, 0.15) is 5.82 Å². The van der Waals surface area contributed by atoms with Crippen LogP contribution >= 0.6 is 0 Å². The third kappa shape index (κ3) is 4.25. The molecule has 0 aliphatic carbocycles. The third-order valence-corrected chi connectivity index (χ3v) is 5.71. The van der Waals surface area contributed by atoms with E-state index < -0.39 is 23.5 Å². The van der Waals surface area contributed by atoms with E-state index in [1.807, 2.05) is 0 Å². The lowest BCUT2D eigenvalue weighted by Gasteiger charge is -2.16. The summed E-state index contributed by atoms with van der Waals surface area (Å²) in [4.78, 5) is 25.6. The van der Waals surface area contributed by atoms with Crippen molar-refractivity contribution in [3.05, 3.63) is 75.5 Å². The molecule has 0 unspecified atom stereocenters. The molecule has 1 saturated heterocycles. The van der Waals surface area contributed by atoms with Gasteiger partial charge in [-0.2, -0.15) is 13.2 Å². The Morgan fingerprint density at radius 2 is 1.97 bits per heavy atom. The van der Waals surface area contributed by atoms with E-state index in [2.05, 4.69) is 10.6 Å². The summed E-state index contributed by atoms with van der Waals surface area (Å²) in [6, 6.07) is 7.74. The summed E-state index contributed by atoms with van der Waals surface area (Å²) in [5.41, 5.74) is -0.406. The molecule has 1 amide bonds. The molecule has 9 heteroatoms. The van der Waals surface area contributed by atoms with Gasteiger partial charge in [-0.1, -0.05) is 12.1 Å². The average Bonchev–Trinajstić information content (AvgIpc) is 3.25. The Morgan fingerprint density at radius 3 is 2.66 bits per heavy atom. The van der Waals surface area contributed by atoms with E-state index in [9.17, 15) is 27.2 Å². The maximum absolute atomic E-state index is 13.5. The molecule has 2 aromatic carbocycles. The highest BCUT2D eigenvalue weighted by atomic mass is 19.4. The van der Waals surface area contributed by atoms with Crippen LogP contribution in [0.3, 0.4) is 0 Å². The van der Waals surface area contributed by atoms with Crippen LogP contribution < -0.4 is 16.2 Å². The van der Waals surface area contributed by atoms with Crippen LogP contribution in [0.2, 0.25) is 0 Å². The van der Waals surface area contributed by atoms with Crippen molar-refractivity contribution in [3.63, 3.8) is 0 Å². The van der Waals surface area contributed by atoms with Gasteiger partial charge < -0.3 is 15.2 Å². The molecule has 3 aromatic rings. The number of rotatable bonds is 4. The molecule has 5 nitrogen and oxygen atoms in total. The molecule has 0 bridgehead atoms. The van der Waals surface area contributed by atoms with Gasteiger partial charge in [0, 0.05) is 23.5 Å².